The SMILES string of the molecule is C1CCC2CNCCC2C1.C1CCCC1.C1CCNCC1.CC1CCCC1(C)C.CC1CCCC1(C)C.Cn1ccc2ccccc21.Cn1cnc2ccccc21.c1ccc2[nH]ccc2c1.c1ccc2[nH]ccc2c1.c1ccc2[nH]ccc2c1.c1ccc2[nH]cnc2c1.c1ccc2[nH]cnc2c1.c1ccc2[nH]cnc2c1.c1ccc2c(c1)CCC2.c1ccc2c(c1)CCC2.c1ccc2ncccc2c1. The van der Waals surface area contributed by atoms with Crippen molar-refractivity contribution in [2.45, 2.75) is 202 Å². The van der Waals surface area contributed by atoms with E-state index in [0.717, 1.165) is 67.8 Å². The quantitative estimate of drug-likeness (QED) is 0.0740. The number of aromatic nitrogens is 13. The Labute approximate surface area is 826 Å². The summed E-state index contributed by atoms with van der Waals surface area (Å²) in [5.74, 6) is 4.06. The number of pyridine rings is 1. The van der Waals surface area contributed by atoms with Crippen LogP contribution in [0.2, 0.25) is 0 Å². The lowest BCUT2D eigenvalue weighted by atomic mass is 9.76. The Balaban J connectivity index is 0.000000125. The summed E-state index contributed by atoms with van der Waals surface area (Å²) < 4.78 is 4.13. The predicted molar refractivity (Wildman–Crippen MR) is 592 cm³/mol. The number of piperidine rings is 2. The van der Waals surface area contributed by atoms with Crippen molar-refractivity contribution in [2.24, 2.45) is 48.6 Å². The summed E-state index contributed by atoms with van der Waals surface area (Å²) in [6.45, 7) is 19.3. The highest BCUT2D eigenvalue weighted by Gasteiger charge is 2.31. The van der Waals surface area contributed by atoms with E-state index in [0.29, 0.717) is 10.8 Å². The molecule has 8 aliphatic rings. The molecule has 15 nitrogen and oxygen atoms in total. The van der Waals surface area contributed by atoms with Crippen molar-refractivity contribution in [3.05, 3.63) is 382 Å². The van der Waals surface area contributed by atoms with Gasteiger partial charge in [0.15, 0.2) is 0 Å². The summed E-state index contributed by atoms with van der Waals surface area (Å²) in [6, 6.07) is 103. The third-order valence-electron chi connectivity index (χ3n) is 28.5. The van der Waals surface area contributed by atoms with Crippen LogP contribution in [0.4, 0.5) is 0 Å². The molecule has 8 N–H and O–H groups in total. The van der Waals surface area contributed by atoms with Crippen molar-refractivity contribution in [3.63, 3.8) is 0 Å². The van der Waals surface area contributed by atoms with E-state index in [-0.39, 0.29) is 0 Å². The third-order valence-corrected chi connectivity index (χ3v) is 28.5. The molecule has 4 saturated carbocycles. The molecule has 724 valence electrons. The zero-order valence-corrected chi connectivity index (χ0v) is 84.0. The fourth-order valence-electron chi connectivity index (χ4n) is 19.2. The molecule has 2 saturated heterocycles. The van der Waals surface area contributed by atoms with Crippen molar-refractivity contribution in [1.29, 1.82) is 0 Å². The molecule has 0 amide bonds. The van der Waals surface area contributed by atoms with Gasteiger partial charge in [0.2, 0.25) is 0 Å². The second-order valence-electron chi connectivity index (χ2n) is 39.2. The first-order valence-electron chi connectivity index (χ1n) is 51.6. The Kier molecular flexibility index (Phi) is 42.0. The molecule has 9 aromatic heterocycles. The molecule has 2 aliphatic heterocycles. The Morgan fingerprint density at radius 3 is 1.00 bits per heavy atom. The molecule has 4 atom stereocenters. The van der Waals surface area contributed by atoms with Gasteiger partial charge in [0.05, 0.1) is 75.0 Å². The van der Waals surface area contributed by atoms with Gasteiger partial charge in [0, 0.05) is 72.5 Å². The molecule has 0 bridgehead atoms. The number of H-pyrrole nitrogens is 6. The number of nitrogens with zero attached hydrogens (tertiary/aromatic N) is 7. The fourth-order valence-corrected chi connectivity index (χ4v) is 19.2. The fraction of sp³-hybridized carbons (Fsp3) is 0.347. The molecule has 11 aromatic carbocycles. The second kappa shape index (κ2) is 56.6. The summed E-state index contributed by atoms with van der Waals surface area (Å²) in [4.78, 5) is 38.9. The topological polar surface area (TPSA) is 193 Å². The predicted octanol–water partition coefficient (Wildman–Crippen LogP) is 31.7. The standard InChI is InChI=1S/C9H9N.C9H7N.C9H17N.2C9H10.C8H8N2.3C8H7N.2C8H16.3C7H6N2.C5H11N.C5H10/c1-10-7-6-8-4-2-3-5-9(8)10;1-2-6-9-8(4-1)5-3-7-10-9;1-2-4-9-7-10-6-5-8(9)3-1;2*1-2-5-9-7-3-6-8(9)4-1;1-10-6-9-7-4-2-3-5-8(7)10;3*1-2-4-8-7(3-1)5-6-9-8;2*1-7-5-4-6-8(7,2)3;3*1-2-4-7-6(3-1)8-5-9-7;1-2-4-6-5-3-1;1-2-4-5-3-1/h2-7H,1H3;1-7H;8-10H,1-7H2;2*1-2,4-5H,3,6-7H2;2-6H,1H3;3*1-6,9H;2*7H,4-6H2,1-3H3;3*1-5H,(H,8,9);6H,1-5H2;1-5H2. The lowest BCUT2D eigenvalue weighted by Gasteiger charge is -2.35. The van der Waals surface area contributed by atoms with Gasteiger partial charge in [-0.2, -0.15) is 0 Å². The zero-order valence-electron chi connectivity index (χ0n) is 84.0. The van der Waals surface area contributed by atoms with E-state index >= 15 is 0 Å². The van der Waals surface area contributed by atoms with Gasteiger partial charge in [-0.05, 0) is 291 Å². The number of aryl methyl sites for hydroxylation is 6. The Morgan fingerprint density at radius 1 is 0.266 bits per heavy atom. The molecule has 0 radical (unpaired) electrons. The molecule has 139 heavy (non-hydrogen) atoms. The summed E-state index contributed by atoms with van der Waals surface area (Å²) in [5.41, 5.74) is 22.2. The second-order valence-corrected chi connectivity index (χ2v) is 39.2. The van der Waals surface area contributed by atoms with Gasteiger partial charge in [0.25, 0.3) is 0 Å². The lowest BCUT2D eigenvalue weighted by Crippen LogP contribution is -2.38. The van der Waals surface area contributed by atoms with Gasteiger partial charge >= 0.3 is 0 Å². The first-order chi connectivity index (χ1) is 68.2. The summed E-state index contributed by atoms with van der Waals surface area (Å²) in [5, 5.41) is 13.1. The van der Waals surface area contributed by atoms with Crippen LogP contribution < -0.4 is 10.6 Å². The maximum atomic E-state index is 4.18. The van der Waals surface area contributed by atoms with Crippen molar-refractivity contribution in [3.8, 4) is 0 Å². The molecular formula is C124H153N15. The number of fused-ring (bicyclic) bond motifs is 12. The number of para-hydroxylation sites is 13. The van der Waals surface area contributed by atoms with Crippen molar-refractivity contribution < 1.29 is 0 Å². The largest absolute Gasteiger partial charge is 0.361 e. The Hall–Kier alpha value is -13.2. The maximum absolute atomic E-state index is 4.18. The van der Waals surface area contributed by atoms with E-state index in [1.165, 1.54) is 241 Å². The lowest BCUT2D eigenvalue weighted by molar-refractivity contribution is 0.185. The van der Waals surface area contributed by atoms with E-state index in [1.807, 2.05) is 194 Å². The summed E-state index contributed by atoms with van der Waals surface area (Å²) in [6.07, 6.45) is 52.4. The number of rotatable bonds is 0. The van der Waals surface area contributed by atoms with Crippen LogP contribution in [0.5, 0.6) is 0 Å². The van der Waals surface area contributed by atoms with Crippen molar-refractivity contribution in [1.82, 2.24) is 74.6 Å². The van der Waals surface area contributed by atoms with Gasteiger partial charge in [-0.25, -0.2) is 19.9 Å². The molecule has 11 heterocycles. The van der Waals surface area contributed by atoms with Gasteiger partial charge in [-0.15, -0.1) is 0 Å². The molecule has 15 heteroatoms. The Bertz CT molecular complexity index is 5760. The molecular weight excluding hydrogens is 1700 g/mol. The zero-order chi connectivity index (χ0) is 96.6. The molecule has 4 unspecified atom stereocenters. The minimum Gasteiger partial charge on any atom is -0.361 e. The van der Waals surface area contributed by atoms with Gasteiger partial charge < -0.3 is 49.7 Å². The third kappa shape index (κ3) is 33.8. The smallest absolute Gasteiger partial charge is 0.0955 e. The minimum atomic E-state index is 0.653. The highest BCUT2D eigenvalue weighted by atomic mass is 15.0. The number of nitrogens with one attached hydrogen (secondary N) is 8. The number of hydrogen-bond acceptors (Lipinski definition) is 7. The average Bonchev–Trinajstić information content (AvgIpc) is 1.70. The molecule has 28 rings (SSSR count). The van der Waals surface area contributed by atoms with Crippen LogP contribution in [-0.4, -0.2) is 90.1 Å². The molecule has 0 spiro atoms. The van der Waals surface area contributed by atoms with Crippen molar-refractivity contribution in [2.75, 3.05) is 26.2 Å². The summed E-state index contributed by atoms with van der Waals surface area (Å²) >= 11 is 0. The van der Waals surface area contributed by atoms with E-state index < -0.39 is 0 Å². The molecule has 6 fully saturated rings. The maximum Gasteiger partial charge on any atom is 0.0955 e. The van der Waals surface area contributed by atoms with E-state index in [1.54, 1.807) is 41.2 Å². The number of aromatic amines is 6. The van der Waals surface area contributed by atoms with Crippen LogP contribution in [0.1, 0.15) is 199 Å². The average molecular weight is 1850 g/mol. The van der Waals surface area contributed by atoms with E-state index in [9.17, 15) is 0 Å². The van der Waals surface area contributed by atoms with Crippen molar-refractivity contribution >= 4 is 98.6 Å². The molecule has 6 aliphatic carbocycles. The first-order valence-corrected chi connectivity index (χ1v) is 51.6. The monoisotopic (exact) mass is 1850 g/mol. The summed E-state index contributed by atoms with van der Waals surface area (Å²) in [7, 11) is 4.05. The minimum absolute atomic E-state index is 0.653. The van der Waals surface area contributed by atoms with Crippen LogP contribution >= 0.6 is 0 Å². The highest BCUT2D eigenvalue weighted by molar-refractivity contribution is 5.83. The number of imidazole rings is 4. The highest BCUT2D eigenvalue weighted by Crippen LogP contribution is 2.43. The van der Waals surface area contributed by atoms with E-state index in [4.69, 9.17) is 0 Å². The van der Waals surface area contributed by atoms with Gasteiger partial charge in [-0.1, -0.05) is 319 Å². The van der Waals surface area contributed by atoms with Crippen LogP contribution in [0.3, 0.4) is 0 Å². The number of hydrogen-bond donors (Lipinski definition) is 8. The van der Waals surface area contributed by atoms with Gasteiger partial charge in [0.1, 0.15) is 0 Å². The molecule has 20 aromatic rings. The first kappa shape index (κ1) is 103. The number of benzene rings is 11. The van der Waals surface area contributed by atoms with Crippen LogP contribution in [0, 0.1) is 34.5 Å². The van der Waals surface area contributed by atoms with Crippen LogP contribution in [0.15, 0.2) is 360 Å². The normalized spacial score (nSPS) is 17.2. The van der Waals surface area contributed by atoms with Gasteiger partial charge in [-0.3, -0.25) is 4.98 Å². The van der Waals surface area contributed by atoms with Crippen LogP contribution in [0.25, 0.3) is 98.6 Å². The van der Waals surface area contributed by atoms with E-state index in [2.05, 4.69) is 276 Å². The Morgan fingerprint density at radius 2 is 0.633 bits per heavy atom. The van der Waals surface area contributed by atoms with Crippen LogP contribution in [-0.2, 0) is 39.8 Å².